The lowest BCUT2D eigenvalue weighted by molar-refractivity contribution is -0.126. The van der Waals surface area contributed by atoms with E-state index in [0.29, 0.717) is 11.6 Å². The van der Waals surface area contributed by atoms with Crippen molar-refractivity contribution in [3.63, 3.8) is 0 Å². The summed E-state index contributed by atoms with van der Waals surface area (Å²) in [6.07, 6.45) is 5.37. The minimum atomic E-state index is -0.503. The molecule has 0 radical (unpaired) electrons. The Balaban J connectivity index is 1.74. The molecule has 1 saturated carbocycles. The van der Waals surface area contributed by atoms with E-state index in [4.69, 9.17) is 4.42 Å². The highest BCUT2D eigenvalue weighted by Crippen LogP contribution is 2.28. The van der Waals surface area contributed by atoms with Gasteiger partial charge in [-0.2, -0.15) is 0 Å². The molecule has 2 N–H and O–H groups in total. The van der Waals surface area contributed by atoms with Gasteiger partial charge < -0.3 is 15.1 Å². The molecule has 7 heteroatoms. The van der Waals surface area contributed by atoms with E-state index < -0.39 is 6.04 Å². The van der Waals surface area contributed by atoms with Crippen molar-refractivity contribution in [1.82, 2.24) is 15.5 Å². The molecule has 7 nitrogen and oxygen atoms in total. The summed E-state index contributed by atoms with van der Waals surface area (Å²) in [4.78, 5) is 24.1. The van der Waals surface area contributed by atoms with Crippen LogP contribution in [0.5, 0.6) is 0 Å². The van der Waals surface area contributed by atoms with E-state index in [9.17, 15) is 9.59 Å². The lowest BCUT2D eigenvalue weighted by Gasteiger charge is -2.23. The van der Waals surface area contributed by atoms with E-state index in [0.717, 1.165) is 31.2 Å². The van der Waals surface area contributed by atoms with Crippen LogP contribution in [0.3, 0.4) is 0 Å². The molecule has 2 amide bonds. The van der Waals surface area contributed by atoms with Crippen LogP contribution in [0.15, 0.2) is 35.1 Å². The third kappa shape index (κ3) is 3.79. The molecule has 2 aromatic rings. The minimum Gasteiger partial charge on any atom is -0.423 e. The van der Waals surface area contributed by atoms with Gasteiger partial charge in [-0.05, 0) is 37.0 Å². The van der Waals surface area contributed by atoms with Gasteiger partial charge in [0, 0.05) is 18.2 Å². The van der Waals surface area contributed by atoms with E-state index in [1.807, 2.05) is 6.07 Å². The van der Waals surface area contributed by atoms with E-state index in [2.05, 4.69) is 20.8 Å². The van der Waals surface area contributed by atoms with Gasteiger partial charge in [0.05, 0.1) is 0 Å². The first-order valence-electron chi connectivity index (χ1n) is 8.08. The number of hydrogen-bond acceptors (Lipinski definition) is 5. The maximum atomic E-state index is 12.7. The molecule has 1 aromatic carbocycles. The van der Waals surface area contributed by atoms with Gasteiger partial charge in [-0.1, -0.05) is 18.9 Å². The van der Waals surface area contributed by atoms with Gasteiger partial charge in [-0.3, -0.25) is 9.59 Å². The van der Waals surface area contributed by atoms with Crippen LogP contribution in [0, 0.1) is 5.92 Å². The summed E-state index contributed by atoms with van der Waals surface area (Å²) in [5, 5.41) is 13.2. The highest BCUT2D eigenvalue weighted by molar-refractivity contribution is 5.97. The average Bonchev–Trinajstić information content (AvgIpc) is 3.26. The largest absolute Gasteiger partial charge is 0.423 e. The fourth-order valence-corrected chi connectivity index (χ4v) is 3.16. The number of nitrogens with zero attached hydrogens (tertiary/aromatic N) is 2. The minimum absolute atomic E-state index is 0.188. The number of anilines is 1. The standard InChI is InChI=1S/C17H20N4O3/c1-11(22)19-15(12-5-2-3-6-12)16(23)20-14-8-4-7-13(9-14)17-21-18-10-24-17/h4,7-10,12,15H,2-3,5-6H2,1H3,(H,19,22)(H,20,23). The molecule has 1 aliphatic rings. The molecule has 0 saturated heterocycles. The number of carbonyl (C=O) groups is 2. The van der Waals surface area contributed by atoms with Crippen LogP contribution >= 0.6 is 0 Å². The van der Waals surface area contributed by atoms with Crippen molar-refractivity contribution in [3.8, 4) is 11.5 Å². The Hall–Kier alpha value is -2.70. The molecular formula is C17H20N4O3. The molecule has 1 unspecified atom stereocenters. The monoisotopic (exact) mass is 328 g/mol. The van der Waals surface area contributed by atoms with Gasteiger partial charge in [0.2, 0.25) is 24.1 Å². The van der Waals surface area contributed by atoms with Crippen LogP contribution in [0.25, 0.3) is 11.5 Å². The molecule has 1 heterocycles. The maximum absolute atomic E-state index is 12.7. The normalized spacial score (nSPS) is 15.9. The number of aromatic nitrogens is 2. The van der Waals surface area contributed by atoms with Gasteiger partial charge in [0.15, 0.2) is 0 Å². The molecule has 0 spiro atoms. The second kappa shape index (κ2) is 7.25. The number of amides is 2. The molecule has 126 valence electrons. The van der Waals surface area contributed by atoms with E-state index in [1.54, 1.807) is 18.2 Å². The van der Waals surface area contributed by atoms with E-state index in [1.165, 1.54) is 13.3 Å². The smallest absolute Gasteiger partial charge is 0.247 e. The van der Waals surface area contributed by atoms with Crippen molar-refractivity contribution in [2.75, 3.05) is 5.32 Å². The Morgan fingerprint density at radius 2 is 2.08 bits per heavy atom. The first-order chi connectivity index (χ1) is 11.6. The zero-order chi connectivity index (χ0) is 16.9. The summed E-state index contributed by atoms with van der Waals surface area (Å²) in [7, 11) is 0. The van der Waals surface area contributed by atoms with Crippen LogP contribution < -0.4 is 10.6 Å². The second-order valence-electron chi connectivity index (χ2n) is 6.04. The Bertz CT molecular complexity index is 708. The average molecular weight is 328 g/mol. The fraction of sp³-hybridized carbons (Fsp3) is 0.412. The van der Waals surface area contributed by atoms with Crippen LogP contribution in [-0.2, 0) is 9.59 Å². The number of benzene rings is 1. The van der Waals surface area contributed by atoms with Gasteiger partial charge in [0.1, 0.15) is 6.04 Å². The number of hydrogen-bond donors (Lipinski definition) is 2. The lowest BCUT2D eigenvalue weighted by atomic mass is 9.97. The number of nitrogens with one attached hydrogen (secondary N) is 2. The van der Waals surface area contributed by atoms with Crippen LogP contribution in [0.1, 0.15) is 32.6 Å². The highest BCUT2D eigenvalue weighted by atomic mass is 16.4. The summed E-state index contributed by atoms with van der Waals surface area (Å²) in [6.45, 7) is 1.44. The zero-order valence-electron chi connectivity index (χ0n) is 13.5. The Morgan fingerprint density at radius 3 is 2.75 bits per heavy atom. The zero-order valence-corrected chi connectivity index (χ0v) is 13.5. The first-order valence-corrected chi connectivity index (χ1v) is 8.08. The summed E-state index contributed by atoms with van der Waals surface area (Å²) in [6, 6.07) is 6.68. The molecule has 24 heavy (non-hydrogen) atoms. The van der Waals surface area contributed by atoms with Crippen molar-refractivity contribution in [2.24, 2.45) is 5.92 Å². The second-order valence-corrected chi connectivity index (χ2v) is 6.04. The molecular weight excluding hydrogens is 308 g/mol. The molecule has 0 aliphatic heterocycles. The molecule has 0 bridgehead atoms. The number of carbonyl (C=O) groups excluding carboxylic acids is 2. The Kier molecular flexibility index (Phi) is 4.88. The summed E-state index contributed by atoms with van der Waals surface area (Å²) in [5.41, 5.74) is 1.35. The third-order valence-corrected chi connectivity index (χ3v) is 4.25. The molecule has 3 rings (SSSR count). The quantitative estimate of drug-likeness (QED) is 0.878. The van der Waals surface area contributed by atoms with Crippen molar-refractivity contribution >= 4 is 17.5 Å². The topological polar surface area (TPSA) is 97.1 Å². The molecule has 1 aromatic heterocycles. The Morgan fingerprint density at radius 1 is 1.29 bits per heavy atom. The highest BCUT2D eigenvalue weighted by Gasteiger charge is 2.31. The summed E-state index contributed by atoms with van der Waals surface area (Å²) < 4.78 is 5.17. The summed E-state index contributed by atoms with van der Waals surface area (Å²) in [5.74, 6) is 0.190. The predicted octanol–water partition coefficient (Wildman–Crippen LogP) is 2.37. The van der Waals surface area contributed by atoms with Crippen molar-refractivity contribution in [3.05, 3.63) is 30.7 Å². The van der Waals surface area contributed by atoms with Gasteiger partial charge in [-0.15, -0.1) is 10.2 Å². The van der Waals surface area contributed by atoms with E-state index >= 15 is 0 Å². The molecule has 1 atom stereocenters. The fourth-order valence-electron chi connectivity index (χ4n) is 3.16. The molecule has 1 aliphatic carbocycles. The summed E-state index contributed by atoms with van der Waals surface area (Å²) >= 11 is 0. The third-order valence-electron chi connectivity index (χ3n) is 4.25. The maximum Gasteiger partial charge on any atom is 0.247 e. The van der Waals surface area contributed by atoms with E-state index in [-0.39, 0.29) is 17.7 Å². The van der Waals surface area contributed by atoms with Gasteiger partial charge >= 0.3 is 0 Å². The lowest BCUT2D eigenvalue weighted by Crippen LogP contribution is -2.47. The van der Waals surface area contributed by atoms with Gasteiger partial charge in [-0.25, -0.2) is 0 Å². The van der Waals surface area contributed by atoms with Crippen molar-refractivity contribution < 1.29 is 14.0 Å². The van der Waals surface area contributed by atoms with Crippen LogP contribution in [0.2, 0.25) is 0 Å². The van der Waals surface area contributed by atoms with Gasteiger partial charge in [0.25, 0.3) is 0 Å². The molecule has 1 fully saturated rings. The first kappa shape index (κ1) is 16.2. The van der Waals surface area contributed by atoms with Crippen molar-refractivity contribution in [2.45, 2.75) is 38.6 Å². The number of rotatable bonds is 5. The SMILES string of the molecule is CC(=O)NC(C(=O)Nc1cccc(-c2nnco2)c1)C1CCCC1. The van der Waals surface area contributed by atoms with Crippen LogP contribution in [-0.4, -0.2) is 28.1 Å². The van der Waals surface area contributed by atoms with Crippen LogP contribution in [0.4, 0.5) is 5.69 Å². The van der Waals surface area contributed by atoms with Crippen molar-refractivity contribution in [1.29, 1.82) is 0 Å². The Labute approximate surface area is 139 Å². The predicted molar refractivity (Wildman–Crippen MR) is 87.9 cm³/mol.